The highest BCUT2D eigenvalue weighted by Gasteiger charge is 2.36. The molecular weight excluding hydrogens is 407 g/mol. The maximum Gasteiger partial charge on any atom is 0.327 e. The molecule has 0 atom stereocenters. The molecule has 1 aromatic carbocycles. The van der Waals surface area contributed by atoms with E-state index in [1.165, 1.54) is 0 Å². The van der Waals surface area contributed by atoms with Gasteiger partial charge in [0, 0.05) is 39.7 Å². The third-order valence-corrected chi connectivity index (χ3v) is 6.83. The average molecular weight is 427 g/mol. The minimum Gasteiger partial charge on any atom is -0.457 e. The van der Waals surface area contributed by atoms with E-state index in [0.29, 0.717) is 14.3 Å². The van der Waals surface area contributed by atoms with Crippen LogP contribution in [0.5, 0.6) is 0 Å². The van der Waals surface area contributed by atoms with E-state index in [0.717, 1.165) is 5.46 Å². The first-order valence-corrected chi connectivity index (χ1v) is 10.0. The molecule has 0 N–H and O–H groups in total. The molecule has 0 aliphatic carbocycles. The molecule has 0 amide bonds. The first kappa shape index (κ1) is 18.9. The lowest BCUT2D eigenvalue weighted by Gasteiger charge is -2.45. The number of hydrogen-bond donors (Lipinski definition) is 0. The van der Waals surface area contributed by atoms with Gasteiger partial charge in [-0.1, -0.05) is 30.3 Å². The normalized spacial score (nSPS) is 11.8. The summed E-state index contributed by atoms with van der Waals surface area (Å²) in [5.41, 5.74) is 1.05. The van der Waals surface area contributed by atoms with Gasteiger partial charge < -0.3 is 27.1 Å². The van der Waals surface area contributed by atoms with Crippen molar-refractivity contribution in [1.82, 2.24) is 27.1 Å². The molecule has 4 rings (SSSR count). The Kier molecular flexibility index (Phi) is 4.64. The largest absolute Gasteiger partial charge is 0.457 e. The molecule has 3 heterocycles. The zero-order chi connectivity index (χ0) is 20.1. The van der Waals surface area contributed by atoms with Crippen molar-refractivity contribution in [3.63, 3.8) is 0 Å². The molecular formula is C18H20BN6S3-. The zero-order valence-corrected chi connectivity index (χ0v) is 18.3. The smallest absolute Gasteiger partial charge is 0.327 e. The topological polar surface area (TPSA) is 29.6 Å². The molecule has 144 valence electrons. The van der Waals surface area contributed by atoms with E-state index in [4.69, 9.17) is 36.7 Å². The summed E-state index contributed by atoms with van der Waals surface area (Å²) < 4.78 is 14.1. The Bertz CT molecular complexity index is 1190. The second kappa shape index (κ2) is 6.87. The van der Waals surface area contributed by atoms with Crippen molar-refractivity contribution in [2.75, 3.05) is 0 Å². The molecule has 0 spiro atoms. The van der Waals surface area contributed by atoms with Crippen LogP contribution in [0.25, 0.3) is 0 Å². The number of rotatable bonds is 4. The first-order chi connectivity index (χ1) is 13.4. The van der Waals surface area contributed by atoms with Gasteiger partial charge in [-0.25, -0.2) is 0 Å². The van der Waals surface area contributed by atoms with E-state index in [9.17, 15) is 0 Å². The Hall–Kier alpha value is -2.43. The van der Waals surface area contributed by atoms with Gasteiger partial charge in [-0.15, -0.1) is 5.46 Å². The molecule has 0 saturated heterocycles. The highest BCUT2D eigenvalue weighted by molar-refractivity contribution is 7.72. The lowest BCUT2D eigenvalue weighted by molar-refractivity contribution is 0.803. The molecule has 28 heavy (non-hydrogen) atoms. The van der Waals surface area contributed by atoms with E-state index in [-0.39, 0.29) is 0 Å². The maximum absolute atomic E-state index is 5.81. The third kappa shape index (κ3) is 2.55. The predicted molar refractivity (Wildman–Crippen MR) is 121 cm³/mol. The van der Waals surface area contributed by atoms with Crippen molar-refractivity contribution in [1.29, 1.82) is 0 Å². The molecule has 0 fully saturated rings. The molecule has 10 heteroatoms. The Morgan fingerprint density at radius 2 is 0.929 bits per heavy atom. The highest BCUT2D eigenvalue weighted by atomic mass is 32.1. The molecule has 4 aromatic rings. The molecule has 0 radical (unpaired) electrons. The van der Waals surface area contributed by atoms with E-state index in [1.807, 2.05) is 90.2 Å². The van der Waals surface area contributed by atoms with E-state index in [2.05, 4.69) is 25.6 Å². The van der Waals surface area contributed by atoms with Gasteiger partial charge in [0.1, 0.15) is 14.3 Å². The predicted octanol–water partition coefficient (Wildman–Crippen LogP) is 3.09. The second-order valence-electron chi connectivity index (χ2n) is 6.94. The Labute approximate surface area is 178 Å². The molecule has 6 nitrogen and oxygen atoms in total. The van der Waals surface area contributed by atoms with Gasteiger partial charge in [0.2, 0.25) is 0 Å². The SMILES string of the molecule is Cn1ccn([B-](c2ccccc2)(n2ccn(C)c2=S)n2ccn(C)c2=S)c1=S. The molecule has 0 bridgehead atoms. The summed E-state index contributed by atoms with van der Waals surface area (Å²) in [6.07, 6.45) is 11.9. The van der Waals surface area contributed by atoms with Crippen molar-refractivity contribution >= 4 is 48.7 Å². The van der Waals surface area contributed by atoms with E-state index < -0.39 is 6.55 Å². The van der Waals surface area contributed by atoms with Gasteiger partial charge in [-0.3, -0.25) is 0 Å². The van der Waals surface area contributed by atoms with Crippen molar-refractivity contribution in [3.8, 4) is 0 Å². The van der Waals surface area contributed by atoms with Crippen LogP contribution in [0.1, 0.15) is 0 Å². The summed E-state index contributed by atoms with van der Waals surface area (Å²) in [6.45, 7) is -1.85. The van der Waals surface area contributed by atoms with Crippen LogP contribution in [0.15, 0.2) is 67.5 Å². The molecule has 0 unspecified atom stereocenters. The monoisotopic (exact) mass is 427 g/mol. The van der Waals surface area contributed by atoms with Crippen molar-refractivity contribution in [2.45, 2.75) is 0 Å². The van der Waals surface area contributed by atoms with Crippen molar-refractivity contribution in [3.05, 3.63) is 81.8 Å². The van der Waals surface area contributed by atoms with Crippen molar-refractivity contribution < 1.29 is 0 Å². The van der Waals surface area contributed by atoms with Gasteiger partial charge in [0.05, 0.1) is 0 Å². The average Bonchev–Trinajstić information content (AvgIpc) is 3.33. The zero-order valence-electron chi connectivity index (χ0n) is 15.8. The number of hydrogen-bond acceptors (Lipinski definition) is 3. The number of aromatic nitrogens is 6. The third-order valence-electron chi connectivity index (χ3n) is 5.33. The molecule has 0 aliphatic heterocycles. The minimum atomic E-state index is -1.85. The highest BCUT2D eigenvalue weighted by Crippen LogP contribution is 2.19. The van der Waals surface area contributed by atoms with Crippen LogP contribution >= 0.6 is 36.7 Å². The quantitative estimate of drug-likeness (QED) is 0.370. The molecule has 0 saturated carbocycles. The molecule has 0 aliphatic rings. The summed E-state index contributed by atoms with van der Waals surface area (Å²) in [5, 5.41) is 0. The van der Waals surface area contributed by atoms with Gasteiger partial charge >= 0.3 is 6.55 Å². The maximum atomic E-state index is 5.81. The lowest BCUT2D eigenvalue weighted by Crippen LogP contribution is -2.67. The van der Waals surface area contributed by atoms with Gasteiger partial charge in [-0.05, 0) is 55.2 Å². The van der Waals surface area contributed by atoms with Crippen LogP contribution < -0.4 is 5.46 Å². The summed E-state index contributed by atoms with van der Waals surface area (Å²) in [6, 6.07) is 10.2. The standard InChI is InChI=1S/C18H20BN6S3/c1-20-9-12-23(16(20)26)19(15-7-5-4-6-8-15,24-13-10-21(2)17(24)27)25-14-11-22(3)18(25)28/h4-14H,1-3H3/q-1. The summed E-state index contributed by atoms with van der Waals surface area (Å²) >= 11 is 17.4. The van der Waals surface area contributed by atoms with Crippen LogP contribution in [-0.4, -0.2) is 33.7 Å². The second-order valence-corrected chi connectivity index (χ2v) is 8.04. The number of imidazole rings is 3. The fraction of sp³-hybridized carbons (Fsp3) is 0.167. The number of benzene rings is 1. The van der Waals surface area contributed by atoms with Crippen LogP contribution in [0.3, 0.4) is 0 Å². The molecule has 3 aromatic heterocycles. The van der Waals surface area contributed by atoms with Crippen LogP contribution in [0, 0.1) is 14.3 Å². The van der Waals surface area contributed by atoms with Gasteiger partial charge in [0.15, 0.2) is 0 Å². The van der Waals surface area contributed by atoms with Gasteiger partial charge in [-0.2, -0.15) is 0 Å². The van der Waals surface area contributed by atoms with Crippen LogP contribution in [0.4, 0.5) is 0 Å². The lowest BCUT2D eigenvalue weighted by atomic mass is 9.52. The Morgan fingerprint density at radius 3 is 1.21 bits per heavy atom. The summed E-state index contributed by atoms with van der Waals surface area (Å²) in [4.78, 5) is 0. The van der Waals surface area contributed by atoms with E-state index in [1.54, 1.807) is 0 Å². The number of aryl methyl sites for hydroxylation is 3. The number of nitrogens with zero attached hydrogens (tertiary/aromatic N) is 6. The van der Waals surface area contributed by atoms with E-state index >= 15 is 0 Å². The fourth-order valence-electron chi connectivity index (χ4n) is 3.86. The van der Waals surface area contributed by atoms with Gasteiger partial charge in [0.25, 0.3) is 0 Å². The first-order valence-electron chi connectivity index (χ1n) is 8.82. The van der Waals surface area contributed by atoms with Crippen LogP contribution in [0.2, 0.25) is 0 Å². The minimum absolute atomic E-state index is 0.681. The summed E-state index contributed by atoms with van der Waals surface area (Å²) in [7, 11) is 5.83. The Balaban J connectivity index is 2.28. The Morgan fingerprint density at radius 1 is 0.571 bits per heavy atom. The van der Waals surface area contributed by atoms with Crippen LogP contribution in [-0.2, 0) is 21.1 Å². The summed E-state index contributed by atoms with van der Waals surface area (Å²) in [5.74, 6) is 0. The fourth-order valence-corrected chi connectivity index (χ4v) is 4.67. The van der Waals surface area contributed by atoms with Crippen molar-refractivity contribution in [2.24, 2.45) is 21.1 Å².